The second-order valence-electron chi connectivity index (χ2n) is 18.5. The van der Waals surface area contributed by atoms with Gasteiger partial charge < -0.3 is 34.5 Å². The first-order valence-corrected chi connectivity index (χ1v) is 25.6. The number of fused-ring (bicyclic) bond motifs is 2. The molecule has 1 amide bonds. The van der Waals surface area contributed by atoms with Crippen molar-refractivity contribution in [2.45, 2.75) is 125 Å². The number of carboxylic acids is 2. The van der Waals surface area contributed by atoms with Crippen LogP contribution in [0.3, 0.4) is 0 Å². The molecule has 1 saturated heterocycles. The third-order valence-corrected chi connectivity index (χ3v) is 15.1. The third-order valence-electron chi connectivity index (χ3n) is 13.4. The SMILES string of the molecule is CCOC(=O)N1CCN(C2=C(C=CC3N(CCCCCC(=O)O)c4ccc(S(=O)(=O)O)cc4C3(C)C)CCC2=CC=C2N(CCCCCC(=O)O)c3ccc(S(=O)(=O)O)cc3C2(C)C)CC1. The maximum absolute atomic E-state index is 12.7. The van der Waals surface area contributed by atoms with E-state index >= 15 is 0 Å². The molecule has 1 atom stereocenters. The highest BCUT2D eigenvalue weighted by Crippen LogP contribution is 2.50. The maximum Gasteiger partial charge on any atom is 0.409 e. The van der Waals surface area contributed by atoms with Crippen LogP contribution in [0.1, 0.15) is 110 Å². The minimum absolute atomic E-state index is 0.0707. The van der Waals surface area contributed by atoms with Crippen LogP contribution in [0.15, 0.2) is 93.0 Å². The fraction of sp³-hybridized carbons (Fsp3) is 0.521. The summed E-state index contributed by atoms with van der Waals surface area (Å²) in [6, 6.07) is 9.08. The number of benzene rings is 2. The molecule has 0 spiro atoms. The van der Waals surface area contributed by atoms with Crippen LogP contribution in [-0.2, 0) is 45.4 Å². The van der Waals surface area contributed by atoms with Gasteiger partial charge in [-0.1, -0.05) is 58.8 Å². The van der Waals surface area contributed by atoms with Gasteiger partial charge in [0.1, 0.15) is 0 Å². The summed E-state index contributed by atoms with van der Waals surface area (Å²) in [5, 5.41) is 18.4. The van der Waals surface area contributed by atoms with E-state index in [0.29, 0.717) is 90.6 Å². The Morgan fingerprint density at radius 3 is 1.89 bits per heavy atom. The van der Waals surface area contributed by atoms with E-state index in [1.807, 2.05) is 27.7 Å². The van der Waals surface area contributed by atoms with Crippen molar-refractivity contribution in [3.05, 3.63) is 94.4 Å². The van der Waals surface area contributed by atoms with Gasteiger partial charge in [0.05, 0.1) is 22.4 Å². The molecule has 1 fully saturated rings. The maximum atomic E-state index is 12.7. The molecule has 3 heterocycles. The van der Waals surface area contributed by atoms with Gasteiger partial charge in [-0.05, 0) is 110 Å². The Labute approximate surface area is 388 Å². The van der Waals surface area contributed by atoms with Crippen molar-refractivity contribution >= 4 is 49.6 Å². The number of nitrogens with zero attached hydrogens (tertiary/aromatic N) is 4. The van der Waals surface area contributed by atoms with Crippen molar-refractivity contribution < 1.29 is 55.3 Å². The molecule has 3 aliphatic heterocycles. The molecule has 0 radical (unpaired) electrons. The number of carbonyl (C=O) groups excluding carboxylic acids is 1. The molecule has 66 heavy (non-hydrogen) atoms. The van der Waals surface area contributed by atoms with E-state index in [1.165, 1.54) is 18.2 Å². The fourth-order valence-electron chi connectivity index (χ4n) is 9.92. The fourth-order valence-corrected chi connectivity index (χ4v) is 10.9. The van der Waals surface area contributed by atoms with Gasteiger partial charge in [-0.25, -0.2) is 4.79 Å². The lowest BCUT2D eigenvalue weighted by Crippen LogP contribution is -2.48. The largest absolute Gasteiger partial charge is 0.481 e. The Kier molecular flexibility index (Phi) is 15.5. The van der Waals surface area contributed by atoms with Crippen molar-refractivity contribution in [2.75, 3.05) is 55.7 Å². The number of hydrogen-bond donors (Lipinski definition) is 4. The van der Waals surface area contributed by atoms with E-state index in [4.69, 9.17) is 4.74 Å². The number of anilines is 2. The highest BCUT2D eigenvalue weighted by Gasteiger charge is 2.44. The predicted molar refractivity (Wildman–Crippen MR) is 251 cm³/mol. The molecule has 16 nitrogen and oxygen atoms in total. The van der Waals surface area contributed by atoms with E-state index in [2.05, 4.69) is 39.0 Å². The van der Waals surface area contributed by atoms with E-state index in [-0.39, 0.29) is 41.4 Å². The van der Waals surface area contributed by atoms with Crippen molar-refractivity contribution in [1.29, 1.82) is 0 Å². The normalized spacial score (nSPS) is 20.5. The number of allylic oxidation sites excluding steroid dienone is 6. The Balaban J connectivity index is 1.40. The minimum atomic E-state index is -4.47. The number of carboxylic acid groups (broad SMARTS) is 2. The number of unbranched alkanes of at least 4 members (excludes halogenated alkanes) is 4. The number of rotatable bonds is 19. The second kappa shape index (κ2) is 20.4. The highest BCUT2D eigenvalue weighted by molar-refractivity contribution is 7.86. The summed E-state index contributed by atoms with van der Waals surface area (Å²) in [5.41, 5.74) is 6.00. The first-order chi connectivity index (χ1) is 31.0. The molecule has 6 rings (SSSR count). The first-order valence-electron chi connectivity index (χ1n) is 22.8. The summed E-state index contributed by atoms with van der Waals surface area (Å²) in [7, 11) is -8.94. The molecule has 360 valence electrons. The van der Waals surface area contributed by atoms with E-state index < -0.39 is 43.0 Å². The summed E-state index contributed by atoms with van der Waals surface area (Å²) in [5.74, 6) is -1.69. The van der Waals surface area contributed by atoms with Gasteiger partial charge in [-0.2, -0.15) is 16.8 Å². The molecule has 1 unspecified atom stereocenters. The van der Waals surface area contributed by atoms with Crippen molar-refractivity contribution in [3.8, 4) is 0 Å². The third kappa shape index (κ3) is 11.2. The second-order valence-corrected chi connectivity index (χ2v) is 21.3. The van der Waals surface area contributed by atoms with Gasteiger partial charge in [-0.3, -0.25) is 18.7 Å². The summed E-state index contributed by atoms with van der Waals surface area (Å²) >= 11 is 0. The molecule has 0 saturated carbocycles. The Morgan fingerprint density at radius 1 is 0.742 bits per heavy atom. The number of hydrogen-bond acceptors (Lipinski definition) is 11. The number of carbonyl (C=O) groups is 3. The Morgan fingerprint density at radius 2 is 1.32 bits per heavy atom. The molecule has 2 aromatic carbocycles. The van der Waals surface area contributed by atoms with Gasteiger partial charge in [0.25, 0.3) is 20.2 Å². The molecule has 4 N–H and O–H groups in total. The van der Waals surface area contributed by atoms with Crippen LogP contribution in [0, 0.1) is 0 Å². The molecule has 4 aliphatic rings. The lowest BCUT2D eigenvalue weighted by Gasteiger charge is -2.37. The van der Waals surface area contributed by atoms with Gasteiger partial charge in [0.15, 0.2) is 0 Å². The molecule has 0 aromatic heterocycles. The number of aliphatic carboxylic acids is 2. The molecule has 0 bridgehead atoms. The number of amides is 1. The smallest absolute Gasteiger partial charge is 0.409 e. The highest BCUT2D eigenvalue weighted by atomic mass is 32.2. The van der Waals surface area contributed by atoms with Crippen LogP contribution in [0.4, 0.5) is 16.2 Å². The summed E-state index contributed by atoms with van der Waals surface area (Å²) < 4.78 is 74.4. The zero-order valence-corrected chi connectivity index (χ0v) is 40.2. The number of ether oxygens (including phenoxy) is 1. The van der Waals surface area contributed by atoms with E-state index in [0.717, 1.165) is 45.0 Å². The summed E-state index contributed by atoms with van der Waals surface area (Å²) in [4.78, 5) is 43.2. The summed E-state index contributed by atoms with van der Waals surface area (Å²) in [6.45, 7) is 13.4. The zero-order chi connectivity index (χ0) is 48.2. The molecule has 2 aromatic rings. The molecular weight excluding hydrogens is 889 g/mol. The monoisotopic (exact) mass is 952 g/mol. The van der Waals surface area contributed by atoms with Crippen LogP contribution in [0.2, 0.25) is 0 Å². The van der Waals surface area contributed by atoms with Crippen molar-refractivity contribution in [1.82, 2.24) is 9.80 Å². The molecule has 1 aliphatic carbocycles. The average Bonchev–Trinajstić information content (AvgIpc) is 3.81. The quantitative estimate of drug-likeness (QED) is 0.0776. The Bertz CT molecular complexity index is 2540. The minimum Gasteiger partial charge on any atom is -0.481 e. The van der Waals surface area contributed by atoms with Crippen LogP contribution >= 0.6 is 0 Å². The first kappa shape index (κ1) is 50.2. The lowest BCUT2D eigenvalue weighted by molar-refractivity contribution is -0.138. The standard InChI is InChI=1S/C48H64N4O12S2/c1-6-64-46(57)50-29-27-49(28-30-50)45-33(17-23-41-47(2,3)37-31-35(65(58,59)60)19-21-39(37)51(41)25-11-7-9-13-43(53)54)15-16-34(45)18-24-42-48(4,5)38-32-36(66(61,62)63)20-22-40(38)52(42)26-12-8-10-14-44(55)56/h17-24,31-32,41H,6-16,25-30H2,1-5H3,(H,53,54)(H,55,56)(H,58,59,60)(H,61,62,63). The lowest BCUT2D eigenvalue weighted by atomic mass is 9.80. The average molecular weight is 953 g/mol. The zero-order valence-electron chi connectivity index (χ0n) is 38.5. The van der Waals surface area contributed by atoms with Gasteiger partial charge in [-0.15, -0.1) is 0 Å². The van der Waals surface area contributed by atoms with Crippen LogP contribution in [0.25, 0.3) is 0 Å². The molecular formula is C48H64N4O12S2. The van der Waals surface area contributed by atoms with Crippen LogP contribution in [-0.4, -0.2) is 116 Å². The van der Waals surface area contributed by atoms with E-state index in [1.54, 1.807) is 30.0 Å². The van der Waals surface area contributed by atoms with Crippen molar-refractivity contribution in [2.24, 2.45) is 0 Å². The topological polar surface area (TPSA) is 223 Å². The van der Waals surface area contributed by atoms with Crippen molar-refractivity contribution in [3.63, 3.8) is 0 Å². The van der Waals surface area contributed by atoms with Crippen LogP contribution in [0.5, 0.6) is 0 Å². The molecule has 18 heteroatoms. The van der Waals surface area contributed by atoms with E-state index in [9.17, 15) is 50.5 Å². The predicted octanol–water partition coefficient (Wildman–Crippen LogP) is 7.92. The van der Waals surface area contributed by atoms with Gasteiger partial charge in [0, 0.05) is 85.7 Å². The summed E-state index contributed by atoms with van der Waals surface area (Å²) in [6.07, 6.45) is 13.5. The van der Waals surface area contributed by atoms with Gasteiger partial charge in [0.2, 0.25) is 0 Å². The Hall–Kier alpha value is -5.17. The van der Waals surface area contributed by atoms with Crippen LogP contribution < -0.4 is 9.80 Å². The number of piperazine rings is 1. The van der Waals surface area contributed by atoms with Gasteiger partial charge >= 0.3 is 18.0 Å².